The first-order valence-corrected chi connectivity index (χ1v) is 10.5. The van der Waals surface area contributed by atoms with Gasteiger partial charge >= 0.3 is 6.61 Å². The summed E-state index contributed by atoms with van der Waals surface area (Å²) < 4.78 is 35.9. The summed E-state index contributed by atoms with van der Waals surface area (Å²) in [5, 5.41) is 9.11. The molecule has 2 rings (SSSR count). The van der Waals surface area contributed by atoms with Crippen molar-refractivity contribution in [3.8, 4) is 11.5 Å². The molecule has 0 saturated heterocycles. The number of guanidine groups is 1. The number of carbonyl (C=O) groups is 1. The van der Waals surface area contributed by atoms with Gasteiger partial charge in [-0.25, -0.2) is 4.99 Å². The van der Waals surface area contributed by atoms with Crippen LogP contribution in [0.2, 0.25) is 0 Å². The fourth-order valence-corrected chi connectivity index (χ4v) is 2.97. The summed E-state index contributed by atoms with van der Waals surface area (Å²) in [4.78, 5) is 15.6. The lowest BCUT2D eigenvalue weighted by Crippen LogP contribution is -2.38. The summed E-state index contributed by atoms with van der Waals surface area (Å²) in [6, 6.07) is 12.6. The minimum Gasteiger partial charge on any atom is -0.490 e. The van der Waals surface area contributed by atoms with Gasteiger partial charge in [0, 0.05) is 31.3 Å². The molecule has 1 amide bonds. The Labute approximate surface area is 187 Å². The second-order valence-corrected chi connectivity index (χ2v) is 6.81. The molecule has 0 bridgehead atoms. The third kappa shape index (κ3) is 8.41. The van der Waals surface area contributed by atoms with E-state index in [0.29, 0.717) is 31.2 Å². The second kappa shape index (κ2) is 13.1. The standard InChI is InChI=1S/C23H30F2N4O3/c1-4-26-23(27-14-13-17-9-11-19(12-10-17)29-16(3)30)28-15-18-7-6-8-20(31-5-2)21(18)32-22(24)25/h6-12,22H,4-5,13-15H2,1-3H3,(H,29,30)(H2,26,27,28). The number of hydrogen-bond donors (Lipinski definition) is 3. The number of hydrogen-bond acceptors (Lipinski definition) is 4. The Kier molecular flexibility index (Phi) is 10.2. The van der Waals surface area contributed by atoms with Crippen LogP contribution in [-0.2, 0) is 17.8 Å². The van der Waals surface area contributed by atoms with Gasteiger partial charge in [0.15, 0.2) is 17.5 Å². The molecule has 0 aliphatic rings. The van der Waals surface area contributed by atoms with Crippen LogP contribution in [0.4, 0.5) is 14.5 Å². The first kappa shape index (κ1) is 24.9. The Morgan fingerprint density at radius 1 is 1.09 bits per heavy atom. The maximum Gasteiger partial charge on any atom is 0.387 e. The van der Waals surface area contributed by atoms with E-state index in [0.717, 1.165) is 17.7 Å². The predicted molar refractivity (Wildman–Crippen MR) is 122 cm³/mol. The Morgan fingerprint density at radius 2 is 1.84 bits per heavy atom. The molecule has 0 saturated carbocycles. The Bertz CT molecular complexity index is 889. The van der Waals surface area contributed by atoms with E-state index in [4.69, 9.17) is 9.47 Å². The smallest absolute Gasteiger partial charge is 0.387 e. The van der Waals surface area contributed by atoms with E-state index in [-0.39, 0.29) is 24.0 Å². The second-order valence-electron chi connectivity index (χ2n) is 6.81. The van der Waals surface area contributed by atoms with Crippen LogP contribution in [0, 0.1) is 0 Å². The number of aliphatic imine (C=N–C) groups is 1. The van der Waals surface area contributed by atoms with Crippen molar-refractivity contribution in [1.82, 2.24) is 10.6 Å². The van der Waals surface area contributed by atoms with Gasteiger partial charge in [-0.15, -0.1) is 0 Å². The van der Waals surface area contributed by atoms with Crippen LogP contribution in [0.3, 0.4) is 0 Å². The lowest BCUT2D eigenvalue weighted by Gasteiger charge is -2.15. The number of carbonyl (C=O) groups excluding carboxylic acids is 1. The number of halogens is 2. The minimum absolute atomic E-state index is 0.00297. The normalized spacial score (nSPS) is 11.2. The highest BCUT2D eigenvalue weighted by Gasteiger charge is 2.15. The number of benzene rings is 2. The van der Waals surface area contributed by atoms with Crippen molar-refractivity contribution >= 4 is 17.6 Å². The lowest BCUT2D eigenvalue weighted by atomic mass is 10.1. The number of nitrogens with zero attached hydrogens (tertiary/aromatic N) is 1. The quantitative estimate of drug-likeness (QED) is 0.358. The number of para-hydroxylation sites is 1. The summed E-state index contributed by atoms with van der Waals surface area (Å²) in [6.07, 6.45) is 0.740. The van der Waals surface area contributed by atoms with Gasteiger partial charge in [-0.3, -0.25) is 4.79 Å². The van der Waals surface area contributed by atoms with Gasteiger partial charge in [0.05, 0.1) is 13.2 Å². The molecule has 174 valence electrons. The molecule has 3 N–H and O–H groups in total. The molecule has 0 spiro atoms. The van der Waals surface area contributed by atoms with Crippen molar-refractivity contribution in [2.45, 2.75) is 40.3 Å². The molecule has 32 heavy (non-hydrogen) atoms. The number of amides is 1. The lowest BCUT2D eigenvalue weighted by molar-refractivity contribution is -0.114. The summed E-state index contributed by atoms with van der Waals surface area (Å²) in [6.45, 7) is 3.97. The van der Waals surface area contributed by atoms with Gasteiger partial charge in [-0.05, 0) is 44.0 Å². The third-order valence-corrected chi connectivity index (χ3v) is 4.30. The van der Waals surface area contributed by atoms with E-state index in [1.165, 1.54) is 6.92 Å². The van der Waals surface area contributed by atoms with E-state index >= 15 is 0 Å². The van der Waals surface area contributed by atoms with Crippen molar-refractivity contribution < 1.29 is 23.0 Å². The summed E-state index contributed by atoms with van der Waals surface area (Å²) >= 11 is 0. The van der Waals surface area contributed by atoms with Crippen molar-refractivity contribution in [1.29, 1.82) is 0 Å². The molecule has 0 heterocycles. The van der Waals surface area contributed by atoms with Crippen LogP contribution in [0.15, 0.2) is 47.5 Å². The first-order chi connectivity index (χ1) is 15.4. The molecule has 2 aromatic rings. The van der Waals surface area contributed by atoms with Gasteiger partial charge in [0.25, 0.3) is 0 Å². The Hall–Kier alpha value is -3.36. The number of nitrogens with one attached hydrogen (secondary N) is 3. The molecule has 0 radical (unpaired) electrons. The first-order valence-electron chi connectivity index (χ1n) is 10.5. The average Bonchev–Trinajstić information content (AvgIpc) is 2.74. The molecule has 0 atom stereocenters. The molecule has 9 heteroatoms. The minimum atomic E-state index is -2.96. The average molecular weight is 449 g/mol. The highest BCUT2D eigenvalue weighted by atomic mass is 19.3. The fourth-order valence-electron chi connectivity index (χ4n) is 2.97. The van der Waals surface area contributed by atoms with Crippen LogP contribution >= 0.6 is 0 Å². The summed E-state index contributed by atoms with van der Waals surface area (Å²) in [5.41, 5.74) is 2.35. The van der Waals surface area contributed by atoms with Crippen LogP contribution in [0.5, 0.6) is 11.5 Å². The molecular weight excluding hydrogens is 418 g/mol. The molecule has 0 aliphatic heterocycles. The fraction of sp³-hybridized carbons (Fsp3) is 0.391. The number of rotatable bonds is 11. The monoisotopic (exact) mass is 448 g/mol. The van der Waals surface area contributed by atoms with Crippen molar-refractivity contribution in [2.24, 2.45) is 4.99 Å². The highest BCUT2D eigenvalue weighted by Crippen LogP contribution is 2.33. The number of anilines is 1. The van der Waals surface area contributed by atoms with E-state index in [2.05, 4.69) is 20.9 Å². The highest BCUT2D eigenvalue weighted by molar-refractivity contribution is 5.88. The Balaban J connectivity index is 2.02. The zero-order valence-electron chi connectivity index (χ0n) is 18.6. The maximum absolute atomic E-state index is 12.9. The van der Waals surface area contributed by atoms with Gasteiger partial charge in [-0.2, -0.15) is 8.78 Å². The maximum atomic E-state index is 12.9. The van der Waals surface area contributed by atoms with Crippen molar-refractivity contribution in [2.75, 3.05) is 25.0 Å². The van der Waals surface area contributed by atoms with Crippen molar-refractivity contribution in [3.63, 3.8) is 0 Å². The topological polar surface area (TPSA) is 84.0 Å². The number of ether oxygens (including phenoxy) is 2. The number of alkyl halides is 2. The van der Waals surface area contributed by atoms with Gasteiger partial charge in [-0.1, -0.05) is 24.3 Å². The zero-order valence-corrected chi connectivity index (χ0v) is 18.6. The molecular formula is C23H30F2N4O3. The third-order valence-electron chi connectivity index (χ3n) is 4.30. The van der Waals surface area contributed by atoms with Crippen LogP contribution in [-0.4, -0.2) is 38.2 Å². The molecule has 0 aromatic heterocycles. The van der Waals surface area contributed by atoms with Crippen LogP contribution in [0.25, 0.3) is 0 Å². The van der Waals surface area contributed by atoms with E-state index in [9.17, 15) is 13.6 Å². The van der Waals surface area contributed by atoms with Crippen LogP contribution < -0.4 is 25.4 Å². The molecule has 0 aliphatic carbocycles. The molecule has 7 nitrogen and oxygen atoms in total. The van der Waals surface area contributed by atoms with E-state index in [1.807, 2.05) is 31.2 Å². The Morgan fingerprint density at radius 3 is 2.47 bits per heavy atom. The molecule has 2 aromatic carbocycles. The largest absolute Gasteiger partial charge is 0.490 e. The summed E-state index contributed by atoms with van der Waals surface area (Å²) in [7, 11) is 0. The van der Waals surface area contributed by atoms with Gasteiger partial charge < -0.3 is 25.4 Å². The zero-order chi connectivity index (χ0) is 23.3. The molecule has 0 fully saturated rings. The predicted octanol–water partition coefficient (Wildman–Crippen LogP) is 3.94. The van der Waals surface area contributed by atoms with E-state index < -0.39 is 6.61 Å². The van der Waals surface area contributed by atoms with E-state index in [1.54, 1.807) is 25.1 Å². The molecule has 0 unspecified atom stereocenters. The van der Waals surface area contributed by atoms with Crippen molar-refractivity contribution in [3.05, 3.63) is 53.6 Å². The van der Waals surface area contributed by atoms with Crippen LogP contribution in [0.1, 0.15) is 31.9 Å². The van der Waals surface area contributed by atoms with Gasteiger partial charge in [0.1, 0.15) is 0 Å². The summed E-state index contributed by atoms with van der Waals surface area (Å²) in [5.74, 6) is 0.719. The van der Waals surface area contributed by atoms with Gasteiger partial charge in [0.2, 0.25) is 5.91 Å². The SMILES string of the molecule is CCNC(=NCc1cccc(OCC)c1OC(F)F)NCCc1ccc(NC(C)=O)cc1.